The Kier molecular flexibility index (Phi) is 32.0. The lowest BCUT2D eigenvalue weighted by molar-refractivity contribution is -0.385. The third-order valence-corrected chi connectivity index (χ3v) is 16.9. The largest absolute Gasteiger partial charge is 0.490 e. The summed E-state index contributed by atoms with van der Waals surface area (Å²) in [6, 6.07) is 25.8. The number of carbonyl (C=O) groups is 7. The topological polar surface area (TPSA) is 595 Å². The Balaban J connectivity index is 0.000000226. The SMILES string of the molecule is CC(C)c1n[nH]c(C(Cl)C(=O)O)n1.CCOC(=O)Cc1nc(C(CC)C(=O)O)n[nH]1.COc1ccc(-c2n[nH]c(C(Br)C(=O)O)n2)cc1[N+](=O)[O-].Cc1ccc(-c2n[nH]c(C(Br)C(=O)O)n2)cc1.Cc1ccc(-c2n[nH]c(C(Br)C(=O)O)n2)cc1[N+](=O)[O-].O=C(O)C(Br)c1nc(-c2ccccc2)n[nH]1. The Hall–Kier alpha value is -11.2. The number of rotatable bonds is 24. The lowest BCUT2D eigenvalue weighted by atomic mass is 10.1. The fourth-order valence-corrected chi connectivity index (χ4v) is 8.80. The normalized spacial score (nSPS) is 12.3. The van der Waals surface area contributed by atoms with E-state index in [2.05, 4.69) is 155 Å². The number of aryl methyl sites for hydroxylation is 2. The zero-order valence-electron chi connectivity index (χ0n) is 55.0. The van der Waals surface area contributed by atoms with Crippen LogP contribution in [0.1, 0.15) is 128 Å². The van der Waals surface area contributed by atoms with Crippen LogP contribution in [0.2, 0.25) is 0 Å². The van der Waals surface area contributed by atoms with Crippen LogP contribution in [0.4, 0.5) is 11.4 Å². The summed E-state index contributed by atoms with van der Waals surface area (Å²) in [5.74, 6) is -3.87. The molecular formula is C60H61Br4ClN20O19. The smallest absolute Gasteiger partial charge is 0.329 e. The molecule has 6 unspecified atom stereocenters. The van der Waals surface area contributed by atoms with Gasteiger partial charge < -0.3 is 40.1 Å². The summed E-state index contributed by atoms with van der Waals surface area (Å²) in [5, 5.41) is 112. The lowest BCUT2D eigenvalue weighted by Crippen LogP contribution is -2.12. The molecule has 44 heteroatoms. The molecule has 0 bridgehead atoms. The first-order valence-corrected chi connectivity index (χ1v) is 33.8. The van der Waals surface area contributed by atoms with E-state index in [9.17, 15) is 53.8 Å². The molecule has 10 aromatic rings. The van der Waals surface area contributed by atoms with Crippen LogP contribution in [0.3, 0.4) is 0 Å². The molecule has 0 saturated heterocycles. The Morgan fingerprint density at radius 1 is 0.500 bits per heavy atom. The van der Waals surface area contributed by atoms with E-state index in [4.69, 9.17) is 51.7 Å². The van der Waals surface area contributed by atoms with Crippen molar-refractivity contribution in [3.63, 3.8) is 0 Å². The van der Waals surface area contributed by atoms with Crippen LogP contribution in [0, 0.1) is 34.1 Å². The molecule has 0 saturated carbocycles. The number of aromatic amines is 6. The highest BCUT2D eigenvalue weighted by atomic mass is 79.9. The van der Waals surface area contributed by atoms with Gasteiger partial charge in [0.05, 0.1) is 23.6 Å². The first-order valence-electron chi connectivity index (χ1n) is 29.7. The second kappa shape index (κ2) is 39.9. The van der Waals surface area contributed by atoms with E-state index in [1.54, 1.807) is 39.0 Å². The van der Waals surface area contributed by atoms with Gasteiger partial charge in [0.1, 0.15) is 41.5 Å². The van der Waals surface area contributed by atoms with Crippen molar-refractivity contribution >= 4 is 128 Å². The number of nitrogens with one attached hydrogen (secondary N) is 6. The van der Waals surface area contributed by atoms with Crippen molar-refractivity contribution < 1.29 is 83.5 Å². The number of hydrogen-bond donors (Lipinski definition) is 12. The number of nitrogens with zero attached hydrogens (tertiary/aromatic N) is 14. The van der Waals surface area contributed by atoms with Gasteiger partial charge >= 0.3 is 47.5 Å². The number of carboxylic acid groups (broad SMARTS) is 6. The first-order chi connectivity index (χ1) is 49.2. The van der Waals surface area contributed by atoms with Gasteiger partial charge in [-0.15, -0.1) is 11.6 Å². The maximum Gasteiger partial charge on any atom is 0.329 e. The van der Waals surface area contributed by atoms with Gasteiger partial charge in [-0.05, 0) is 39.3 Å². The minimum Gasteiger partial charge on any atom is -0.490 e. The highest BCUT2D eigenvalue weighted by Gasteiger charge is 2.27. The van der Waals surface area contributed by atoms with Gasteiger partial charge in [-0.3, -0.25) is 84.4 Å². The van der Waals surface area contributed by atoms with Crippen molar-refractivity contribution in [1.82, 2.24) is 91.1 Å². The van der Waals surface area contributed by atoms with Crippen molar-refractivity contribution in [3.8, 4) is 51.3 Å². The molecule has 39 nitrogen and oxygen atoms in total. The van der Waals surface area contributed by atoms with E-state index in [0.29, 0.717) is 53.0 Å². The molecule has 0 aliphatic heterocycles. The third kappa shape index (κ3) is 24.3. The average molecular weight is 1720 g/mol. The summed E-state index contributed by atoms with van der Waals surface area (Å²) >= 11 is 17.4. The third-order valence-electron chi connectivity index (χ3n) is 13.2. The second-order valence-corrected chi connectivity index (χ2v) is 25.1. The number of carboxylic acids is 6. The minimum atomic E-state index is -1.15. The number of nitro groups is 2. The van der Waals surface area contributed by atoms with Gasteiger partial charge in [-0.1, -0.05) is 157 Å². The van der Waals surface area contributed by atoms with Crippen LogP contribution in [0.15, 0.2) is 91.0 Å². The maximum absolute atomic E-state index is 11.2. The predicted octanol–water partition coefficient (Wildman–Crippen LogP) is 10.2. The van der Waals surface area contributed by atoms with E-state index >= 15 is 0 Å². The zero-order valence-corrected chi connectivity index (χ0v) is 62.1. The molecule has 12 N–H and O–H groups in total. The molecule has 4 aromatic carbocycles. The van der Waals surface area contributed by atoms with E-state index in [1.807, 2.05) is 75.4 Å². The number of ether oxygens (including phenoxy) is 2. The van der Waals surface area contributed by atoms with Gasteiger partial charge in [-0.2, -0.15) is 30.6 Å². The second-order valence-electron chi connectivity index (χ2n) is 21.0. The predicted molar refractivity (Wildman–Crippen MR) is 378 cm³/mol. The van der Waals surface area contributed by atoms with E-state index in [-0.39, 0.29) is 76.1 Å². The van der Waals surface area contributed by atoms with Gasteiger partial charge in [-0.25, -0.2) is 29.9 Å². The number of hydrogen-bond acceptors (Lipinski definition) is 25. The molecule has 6 heterocycles. The van der Waals surface area contributed by atoms with Crippen LogP contribution < -0.4 is 4.74 Å². The van der Waals surface area contributed by atoms with E-state index in [1.165, 1.54) is 25.3 Å². The van der Waals surface area contributed by atoms with Crippen LogP contribution in [0.5, 0.6) is 5.75 Å². The number of aromatic nitrogens is 18. The van der Waals surface area contributed by atoms with Crippen LogP contribution in [0.25, 0.3) is 45.6 Å². The summed E-state index contributed by atoms with van der Waals surface area (Å²) in [4.78, 5) is 117. The maximum atomic E-state index is 11.2. The molecule has 550 valence electrons. The number of halogens is 5. The number of esters is 1. The number of alkyl halides is 5. The van der Waals surface area contributed by atoms with Crippen molar-refractivity contribution in [2.45, 2.75) is 90.9 Å². The van der Waals surface area contributed by atoms with Gasteiger partial charge in [0.25, 0.3) is 5.69 Å². The monoisotopic (exact) mass is 1720 g/mol. The summed E-state index contributed by atoms with van der Waals surface area (Å²) in [6.07, 6.45) is 0.364. The number of aliphatic carboxylic acids is 6. The van der Waals surface area contributed by atoms with E-state index in [0.717, 1.165) is 16.7 Å². The Labute approximate surface area is 624 Å². The van der Waals surface area contributed by atoms with E-state index < -0.39 is 82.2 Å². The quantitative estimate of drug-likeness (QED) is 0.0116. The zero-order chi connectivity index (χ0) is 77.2. The van der Waals surface area contributed by atoms with Crippen molar-refractivity contribution in [2.75, 3.05) is 13.7 Å². The first kappa shape index (κ1) is 83.5. The summed E-state index contributed by atoms with van der Waals surface area (Å²) in [6.45, 7) is 11.2. The standard InChI is InChI=1S/C11H9BrN4O5.C11H9BrN4O4.C11H10BrN3O2.C10H8BrN3O2.C10H15N3O4.C7H10ClN3O2/c1-21-7-3-2-5(4-6(7)16(19)20)9-13-10(15-14-9)8(12)11(17)18;1-5-2-3-6(4-7(5)16(19)20)9-13-10(15-14-9)8(12)11(17)18;1-6-2-4-7(5-3-6)9-13-10(15-14-9)8(12)11(16)17;11-7(10(15)16)9-12-8(13-14-9)6-4-2-1-3-5-6;1-3-6(10(15)16)9-11-7(12-13-9)5-8(14)17-4-2;1-3(2)5-9-6(11-10-5)4(8)7(12)13/h2-4,8H,1H3,(H,17,18)(H,13,14,15);2-4,8H,1H3,(H,17,18)(H,13,14,15);2-5,8H,1H3,(H,16,17)(H,13,14,15);1-5,7H,(H,15,16)(H,12,13,14);6H,3-5H2,1-2H3,(H,15,16)(H,11,12,13);3-4H,1-2H3,(H,12,13)(H,9,10,11). The highest BCUT2D eigenvalue weighted by molar-refractivity contribution is 9.10. The number of nitro benzene ring substituents is 2. The van der Waals surface area contributed by atoms with Gasteiger partial charge in [0, 0.05) is 45.9 Å². The van der Waals surface area contributed by atoms with Crippen molar-refractivity contribution in [2.24, 2.45) is 0 Å². The minimum absolute atomic E-state index is 0.0309. The highest BCUT2D eigenvalue weighted by Crippen LogP contribution is 2.33. The van der Waals surface area contributed by atoms with Crippen LogP contribution in [-0.2, 0) is 44.7 Å². The summed E-state index contributed by atoms with van der Waals surface area (Å²) in [7, 11) is 1.33. The Morgan fingerprint density at radius 3 is 1.29 bits per heavy atom. The van der Waals surface area contributed by atoms with Crippen molar-refractivity contribution in [1.29, 1.82) is 0 Å². The summed E-state index contributed by atoms with van der Waals surface area (Å²) in [5.41, 5.74) is 3.91. The molecule has 0 fully saturated rings. The number of carbonyl (C=O) groups excluding carboxylic acids is 1. The Bertz CT molecular complexity index is 4590. The van der Waals surface area contributed by atoms with Crippen LogP contribution >= 0.6 is 75.3 Å². The average Bonchev–Trinajstić information content (AvgIpc) is 1.50. The van der Waals surface area contributed by atoms with Gasteiger partial charge in [0.15, 0.2) is 71.2 Å². The van der Waals surface area contributed by atoms with Crippen LogP contribution in [-0.4, -0.2) is 187 Å². The Morgan fingerprint density at radius 2 is 0.904 bits per heavy atom. The summed E-state index contributed by atoms with van der Waals surface area (Å²) < 4.78 is 9.64. The number of methoxy groups -OCH3 is 1. The van der Waals surface area contributed by atoms with Gasteiger partial charge in [0.2, 0.25) is 0 Å². The molecule has 6 aromatic heterocycles. The fourth-order valence-electron chi connectivity index (χ4n) is 7.88. The molecule has 0 aliphatic carbocycles. The molecule has 0 aliphatic rings. The molecule has 104 heavy (non-hydrogen) atoms. The number of benzene rings is 4. The molecule has 0 amide bonds. The van der Waals surface area contributed by atoms with Crippen molar-refractivity contribution in [3.05, 3.63) is 169 Å². The lowest BCUT2D eigenvalue weighted by Gasteiger charge is -2.02. The fraction of sp³-hybridized carbons (Fsp3) is 0.283. The molecule has 6 atom stereocenters. The molecule has 10 rings (SSSR count). The number of H-pyrrole nitrogens is 6. The molecule has 0 radical (unpaired) electrons. The molecular weight excluding hydrogens is 1660 g/mol. The molecule has 0 spiro atoms.